The van der Waals surface area contributed by atoms with E-state index in [1.165, 1.54) is 5.01 Å². The Bertz CT molecular complexity index is 1320. The number of carbonyl (C=O) groups is 2. The van der Waals surface area contributed by atoms with E-state index >= 15 is 0 Å². The van der Waals surface area contributed by atoms with Crippen molar-refractivity contribution in [3.63, 3.8) is 0 Å². The molecule has 1 aliphatic rings. The largest absolute Gasteiger partial charge is 0.490 e. The first-order valence-corrected chi connectivity index (χ1v) is 12.8. The summed E-state index contributed by atoms with van der Waals surface area (Å²) in [5, 5.41) is 8.70. The molecule has 3 aromatic carbocycles. The molecule has 0 radical (unpaired) electrons. The first-order valence-electron chi connectivity index (χ1n) is 12.0. The predicted octanol–water partition coefficient (Wildman–Crippen LogP) is 5.39. The zero-order valence-corrected chi connectivity index (χ0v) is 22.3. The van der Waals surface area contributed by atoms with Crippen molar-refractivity contribution in [2.45, 2.75) is 20.3 Å². The van der Waals surface area contributed by atoms with E-state index in [1.54, 1.807) is 25.1 Å². The molecule has 1 aliphatic heterocycles. The van der Waals surface area contributed by atoms with Crippen molar-refractivity contribution < 1.29 is 19.1 Å². The summed E-state index contributed by atoms with van der Waals surface area (Å²) in [7, 11) is 0. The number of ether oxygens (including phenoxy) is 2. The van der Waals surface area contributed by atoms with E-state index in [2.05, 4.69) is 26.3 Å². The molecule has 3 aromatic rings. The maximum Gasteiger partial charge on any atom is 0.280 e. The van der Waals surface area contributed by atoms with Gasteiger partial charge in [0.25, 0.3) is 11.8 Å². The van der Waals surface area contributed by atoms with Crippen LogP contribution in [-0.2, 0) is 16.0 Å². The number of benzene rings is 3. The average molecular weight is 562 g/mol. The summed E-state index contributed by atoms with van der Waals surface area (Å²) in [6, 6.07) is 22.7. The summed E-state index contributed by atoms with van der Waals surface area (Å²) in [4.78, 5) is 25.3. The van der Waals surface area contributed by atoms with E-state index in [0.717, 1.165) is 22.0 Å². The van der Waals surface area contributed by atoms with Crippen LogP contribution in [-0.4, -0.2) is 37.3 Å². The number of rotatable bonds is 10. The van der Waals surface area contributed by atoms with E-state index in [9.17, 15) is 9.59 Å². The standard InChI is InChI=1S/C29H28BrN3O4/c1-3-36-27-18-22(17-25-20(2)32-33(29(25)35)24-12-10-23(30)11-13-24)9-14-26(27)37-19-28(34)31-16-15-21-7-5-4-6-8-21/h4-14,17-18H,3,15-16,19H2,1-2H3,(H,31,34)/b25-17-. The number of anilines is 1. The second-order valence-electron chi connectivity index (χ2n) is 8.35. The van der Waals surface area contributed by atoms with Gasteiger partial charge < -0.3 is 14.8 Å². The van der Waals surface area contributed by atoms with Crippen LogP contribution in [0.25, 0.3) is 6.08 Å². The normalized spacial score (nSPS) is 14.0. The minimum absolute atomic E-state index is 0.123. The summed E-state index contributed by atoms with van der Waals surface area (Å²) in [6.07, 6.45) is 2.53. The third-order valence-corrected chi connectivity index (χ3v) is 6.18. The van der Waals surface area contributed by atoms with Crippen LogP contribution in [0, 0.1) is 0 Å². The quantitative estimate of drug-likeness (QED) is 0.336. The Balaban J connectivity index is 1.40. The van der Waals surface area contributed by atoms with Crippen LogP contribution in [0.3, 0.4) is 0 Å². The van der Waals surface area contributed by atoms with Gasteiger partial charge in [0.2, 0.25) is 0 Å². The Hall–Kier alpha value is -3.91. The molecule has 0 bridgehead atoms. The van der Waals surface area contributed by atoms with E-state index in [-0.39, 0.29) is 18.4 Å². The van der Waals surface area contributed by atoms with Crippen molar-refractivity contribution in [3.8, 4) is 11.5 Å². The molecule has 37 heavy (non-hydrogen) atoms. The van der Waals surface area contributed by atoms with E-state index in [0.29, 0.717) is 41.6 Å². The van der Waals surface area contributed by atoms with Crippen molar-refractivity contribution in [2.75, 3.05) is 24.8 Å². The SMILES string of the molecule is CCOc1cc(/C=C2\C(=O)N(c3ccc(Br)cc3)N=C2C)ccc1OCC(=O)NCCc1ccccc1. The minimum atomic E-state index is -0.207. The first kappa shape index (κ1) is 26.2. The van der Waals surface area contributed by atoms with Gasteiger partial charge in [-0.15, -0.1) is 0 Å². The molecular weight excluding hydrogens is 534 g/mol. The molecule has 0 aliphatic carbocycles. The zero-order chi connectivity index (χ0) is 26.2. The number of halogens is 1. The molecule has 0 saturated carbocycles. The van der Waals surface area contributed by atoms with Gasteiger partial charge in [-0.3, -0.25) is 9.59 Å². The molecule has 0 atom stereocenters. The van der Waals surface area contributed by atoms with Gasteiger partial charge in [0.15, 0.2) is 18.1 Å². The fraction of sp³-hybridized carbons (Fsp3) is 0.207. The molecule has 1 heterocycles. The minimum Gasteiger partial charge on any atom is -0.490 e. The van der Waals surface area contributed by atoms with E-state index < -0.39 is 0 Å². The number of nitrogens with zero attached hydrogens (tertiary/aromatic N) is 2. The molecule has 0 unspecified atom stereocenters. The lowest BCUT2D eigenvalue weighted by Crippen LogP contribution is -2.30. The van der Waals surface area contributed by atoms with Gasteiger partial charge in [0, 0.05) is 11.0 Å². The molecule has 190 valence electrons. The van der Waals surface area contributed by atoms with Gasteiger partial charge in [0.05, 0.1) is 23.6 Å². The molecule has 0 spiro atoms. The Morgan fingerprint density at radius 3 is 2.51 bits per heavy atom. The number of carbonyl (C=O) groups excluding carboxylic acids is 2. The lowest BCUT2D eigenvalue weighted by atomic mass is 10.1. The Labute approximate surface area is 224 Å². The molecule has 7 nitrogen and oxygen atoms in total. The van der Waals surface area contributed by atoms with Crippen LogP contribution in [0.5, 0.6) is 11.5 Å². The molecule has 2 amide bonds. The highest BCUT2D eigenvalue weighted by molar-refractivity contribution is 9.10. The molecule has 0 aromatic heterocycles. The third kappa shape index (κ3) is 6.86. The van der Waals surface area contributed by atoms with Crippen molar-refractivity contribution in [1.29, 1.82) is 0 Å². The van der Waals surface area contributed by atoms with Gasteiger partial charge in [-0.25, -0.2) is 0 Å². The summed E-state index contributed by atoms with van der Waals surface area (Å²) >= 11 is 3.41. The highest BCUT2D eigenvalue weighted by atomic mass is 79.9. The topological polar surface area (TPSA) is 80.2 Å². The van der Waals surface area contributed by atoms with Gasteiger partial charge in [-0.1, -0.05) is 52.3 Å². The fourth-order valence-electron chi connectivity index (χ4n) is 3.80. The maximum atomic E-state index is 13.1. The van der Waals surface area contributed by atoms with Crippen LogP contribution < -0.4 is 19.8 Å². The number of hydrogen-bond donors (Lipinski definition) is 1. The first-order chi connectivity index (χ1) is 17.9. The summed E-state index contributed by atoms with van der Waals surface area (Å²) in [5.74, 6) is 0.548. The fourth-order valence-corrected chi connectivity index (χ4v) is 4.06. The number of nitrogens with one attached hydrogen (secondary N) is 1. The van der Waals surface area contributed by atoms with Crippen molar-refractivity contribution in [2.24, 2.45) is 5.10 Å². The maximum absolute atomic E-state index is 13.1. The van der Waals surface area contributed by atoms with Crippen LogP contribution in [0.15, 0.2) is 87.9 Å². The van der Waals surface area contributed by atoms with Crippen molar-refractivity contribution in [1.82, 2.24) is 5.32 Å². The molecular formula is C29H28BrN3O4. The van der Waals surface area contributed by atoms with Crippen LogP contribution >= 0.6 is 15.9 Å². The van der Waals surface area contributed by atoms with Crippen LogP contribution in [0.4, 0.5) is 5.69 Å². The molecule has 0 saturated heterocycles. The van der Waals surface area contributed by atoms with E-state index in [1.807, 2.05) is 67.6 Å². The van der Waals surface area contributed by atoms with Crippen LogP contribution in [0.2, 0.25) is 0 Å². The molecule has 1 N–H and O–H groups in total. The lowest BCUT2D eigenvalue weighted by Gasteiger charge is -2.13. The van der Waals surface area contributed by atoms with Crippen molar-refractivity contribution in [3.05, 3.63) is 94.0 Å². The monoisotopic (exact) mass is 561 g/mol. The van der Waals surface area contributed by atoms with Gasteiger partial charge in [0.1, 0.15) is 0 Å². The Kier molecular flexibility index (Phi) is 8.74. The average Bonchev–Trinajstić information content (AvgIpc) is 3.18. The zero-order valence-electron chi connectivity index (χ0n) is 20.7. The predicted molar refractivity (Wildman–Crippen MR) is 149 cm³/mol. The van der Waals surface area contributed by atoms with Crippen molar-refractivity contribution >= 4 is 45.2 Å². The highest BCUT2D eigenvalue weighted by Crippen LogP contribution is 2.31. The van der Waals surface area contributed by atoms with Gasteiger partial charge in [-0.05, 0) is 73.9 Å². The van der Waals surface area contributed by atoms with E-state index in [4.69, 9.17) is 9.47 Å². The molecule has 0 fully saturated rings. The number of hydrazone groups is 1. The summed E-state index contributed by atoms with van der Waals surface area (Å²) < 4.78 is 12.4. The number of hydrogen-bond acceptors (Lipinski definition) is 5. The molecule has 8 heteroatoms. The Morgan fingerprint density at radius 2 is 1.78 bits per heavy atom. The summed E-state index contributed by atoms with van der Waals surface area (Å²) in [6.45, 7) is 4.51. The number of amides is 2. The molecule has 4 rings (SSSR count). The third-order valence-electron chi connectivity index (χ3n) is 5.65. The van der Waals surface area contributed by atoms with Gasteiger partial charge >= 0.3 is 0 Å². The highest BCUT2D eigenvalue weighted by Gasteiger charge is 2.28. The summed E-state index contributed by atoms with van der Waals surface area (Å²) in [5.41, 5.74) is 3.73. The second-order valence-corrected chi connectivity index (χ2v) is 9.27. The Morgan fingerprint density at radius 1 is 1.03 bits per heavy atom. The van der Waals surface area contributed by atoms with Crippen LogP contribution in [0.1, 0.15) is 25.0 Å². The van der Waals surface area contributed by atoms with Gasteiger partial charge in [-0.2, -0.15) is 10.1 Å². The second kappa shape index (κ2) is 12.4. The smallest absolute Gasteiger partial charge is 0.280 e. The lowest BCUT2D eigenvalue weighted by molar-refractivity contribution is -0.123.